The molecule has 1 aliphatic heterocycles. The summed E-state index contributed by atoms with van der Waals surface area (Å²) < 4.78 is 11.1. The van der Waals surface area contributed by atoms with Gasteiger partial charge in [0.15, 0.2) is 6.29 Å². The van der Waals surface area contributed by atoms with Gasteiger partial charge in [-0.05, 0) is 18.1 Å². The Morgan fingerprint density at radius 3 is 2.38 bits per heavy atom. The van der Waals surface area contributed by atoms with Gasteiger partial charge in [0.05, 0.1) is 18.8 Å². The van der Waals surface area contributed by atoms with Crippen LogP contribution in [0.25, 0.3) is 0 Å². The van der Waals surface area contributed by atoms with Crippen molar-refractivity contribution < 1.29 is 14.6 Å². The molecule has 1 saturated heterocycles. The number of rotatable bonds is 6. The van der Waals surface area contributed by atoms with Gasteiger partial charge in [0.1, 0.15) is 0 Å². The van der Waals surface area contributed by atoms with E-state index in [-0.39, 0.29) is 12.1 Å². The molecule has 2 aromatic carbocycles. The molecule has 0 spiro atoms. The van der Waals surface area contributed by atoms with Gasteiger partial charge >= 0.3 is 0 Å². The van der Waals surface area contributed by atoms with Gasteiger partial charge in [-0.25, -0.2) is 0 Å². The van der Waals surface area contributed by atoms with Crippen LogP contribution in [-0.4, -0.2) is 42.2 Å². The van der Waals surface area contributed by atoms with Crippen LogP contribution in [0, 0.1) is 0 Å². The number of ether oxygens (including phenoxy) is 2. The first kappa shape index (κ1) is 17.1. The summed E-state index contributed by atoms with van der Waals surface area (Å²) in [4.78, 5) is 2.27. The van der Waals surface area contributed by atoms with Gasteiger partial charge in [-0.2, -0.15) is 0 Å². The number of nitrogens with zero attached hydrogens (tertiary/aromatic N) is 1. The number of methoxy groups -OCH3 is 1. The first-order valence-corrected chi connectivity index (χ1v) is 8.38. The Morgan fingerprint density at radius 2 is 1.75 bits per heavy atom. The van der Waals surface area contributed by atoms with E-state index < -0.39 is 12.4 Å². The Bertz CT molecular complexity index is 619. The monoisotopic (exact) mass is 327 g/mol. The molecule has 0 unspecified atom stereocenters. The molecule has 2 aromatic rings. The highest BCUT2D eigenvalue weighted by Gasteiger charge is 2.42. The minimum Gasteiger partial charge on any atom is -0.389 e. The molecule has 4 heteroatoms. The zero-order valence-electron chi connectivity index (χ0n) is 14.2. The summed E-state index contributed by atoms with van der Waals surface area (Å²) in [6, 6.07) is 20.6. The van der Waals surface area contributed by atoms with Crippen LogP contribution in [0.3, 0.4) is 0 Å². The molecule has 0 radical (unpaired) electrons. The van der Waals surface area contributed by atoms with Crippen molar-refractivity contribution in [3.05, 3.63) is 71.8 Å². The van der Waals surface area contributed by atoms with Gasteiger partial charge in [-0.15, -0.1) is 0 Å². The molecular formula is C20H25NO3. The van der Waals surface area contributed by atoms with Crippen LogP contribution >= 0.6 is 0 Å². The lowest BCUT2D eigenvalue weighted by molar-refractivity contribution is -0.127. The van der Waals surface area contributed by atoms with Crippen LogP contribution < -0.4 is 0 Å². The minimum absolute atomic E-state index is 0.130. The number of aliphatic hydroxyl groups is 1. The zero-order chi connectivity index (χ0) is 16.9. The molecule has 4 atom stereocenters. The number of hydrogen-bond acceptors (Lipinski definition) is 4. The quantitative estimate of drug-likeness (QED) is 0.886. The lowest BCUT2D eigenvalue weighted by Crippen LogP contribution is -2.48. The van der Waals surface area contributed by atoms with Crippen molar-refractivity contribution in [2.24, 2.45) is 0 Å². The minimum atomic E-state index is -0.565. The number of benzene rings is 2. The highest BCUT2D eigenvalue weighted by atomic mass is 16.7. The van der Waals surface area contributed by atoms with Gasteiger partial charge < -0.3 is 14.6 Å². The molecule has 128 valence electrons. The summed E-state index contributed by atoms with van der Waals surface area (Å²) in [7, 11) is 1.63. The second kappa shape index (κ2) is 7.90. The van der Waals surface area contributed by atoms with Crippen LogP contribution in [0.15, 0.2) is 60.7 Å². The summed E-state index contributed by atoms with van der Waals surface area (Å²) in [6.45, 7) is 3.19. The molecule has 1 fully saturated rings. The smallest absolute Gasteiger partial charge is 0.175 e. The van der Waals surface area contributed by atoms with Gasteiger partial charge in [-0.3, -0.25) is 4.90 Å². The van der Waals surface area contributed by atoms with Crippen LogP contribution in [-0.2, 0) is 16.0 Å². The highest BCUT2D eigenvalue weighted by molar-refractivity contribution is 5.21. The molecule has 1 heterocycles. The maximum absolute atomic E-state index is 10.5. The SMILES string of the molecule is CO[C@H]1OC[C@@H](O)[C@@H]1N(Cc1ccccc1)[C@H](C)c1ccccc1. The van der Waals surface area contributed by atoms with Gasteiger partial charge in [0, 0.05) is 19.7 Å². The lowest BCUT2D eigenvalue weighted by Gasteiger charge is -2.37. The Balaban J connectivity index is 1.91. The van der Waals surface area contributed by atoms with Crippen molar-refractivity contribution in [3.8, 4) is 0 Å². The van der Waals surface area contributed by atoms with Gasteiger partial charge in [0.2, 0.25) is 0 Å². The molecule has 0 aliphatic carbocycles. The molecule has 4 nitrogen and oxygen atoms in total. The molecule has 1 N–H and O–H groups in total. The third-order valence-electron chi connectivity index (χ3n) is 4.71. The standard InChI is InChI=1S/C20H25NO3/c1-15(17-11-7-4-8-12-17)21(13-16-9-5-3-6-10-16)19-18(22)14-24-20(19)23-2/h3-12,15,18-20,22H,13-14H2,1-2H3/t15-,18-,19+,20+/m1/s1. The number of hydrogen-bond donors (Lipinski definition) is 1. The van der Waals surface area contributed by atoms with E-state index in [1.165, 1.54) is 11.1 Å². The average molecular weight is 327 g/mol. The summed E-state index contributed by atoms with van der Waals surface area (Å²) in [5.74, 6) is 0. The Hall–Kier alpha value is -1.72. The van der Waals surface area contributed by atoms with E-state index in [0.29, 0.717) is 6.61 Å². The molecule has 0 bridgehead atoms. The van der Waals surface area contributed by atoms with E-state index in [1.54, 1.807) is 7.11 Å². The van der Waals surface area contributed by atoms with Crippen molar-refractivity contribution in [1.82, 2.24) is 4.90 Å². The van der Waals surface area contributed by atoms with Gasteiger partial charge in [-0.1, -0.05) is 60.7 Å². The van der Waals surface area contributed by atoms with Crippen LogP contribution in [0.4, 0.5) is 0 Å². The summed E-state index contributed by atoms with van der Waals surface area (Å²) >= 11 is 0. The first-order chi connectivity index (χ1) is 11.7. The summed E-state index contributed by atoms with van der Waals surface area (Å²) in [5.41, 5.74) is 2.41. The fourth-order valence-corrected chi connectivity index (χ4v) is 3.37. The van der Waals surface area contributed by atoms with E-state index >= 15 is 0 Å². The highest BCUT2D eigenvalue weighted by Crippen LogP contribution is 2.31. The Labute approximate surface area is 143 Å². The van der Waals surface area contributed by atoms with Crippen molar-refractivity contribution in [2.45, 2.75) is 37.9 Å². The third kappa shape index (κ3) is 3.68. The second-order valence-corrected chi connectivity index (χ2v) is 6.24. The third-order valence-corrected chi connectivity index (χ3v) is 4.71. The van der Waals surface area contributed by atoms with E-state index in [1.807, 2.05) is 36.4 Å². The fraction of sp³-hybridized carbons (Fsp3) is 0.400. The molecule has 0 aromatic heterocycles. The van der Waals surface area contributed by atoms with Crippen molar-refractivity contribution >= 4 is 0 Å². The van der Waals surface area contributed by atoms with Crippen LogP contribution in [0.5, 0.6) is 0 Å². The van der Waals surface area contributed by atoms with Crippen molar-refractivity contribution in [2.75, 3.05) is 13.7 Å². The van der Waals surface area contributed by atoms with E-state index in [4.69, 9.17) is 9.47 Å². The second-order valence-electron chi connectivity index (χ2n) is 6.24. The first-order valence-electron chi connectivity index (χ1n) is 8.38. The van der Waals surface area contributed by atoms with E-state index in [9.17, 15) is 5.11 Å². The fourth-order valence-electron chi connectivity index (χ4n) is 3.37. The van der Waals surface area contributed by atoms with Crippen molar-refractivity contribution in [1.29, 1.82) is 0 Å². The summed E-state index contributed by atoms with van der Waals surface area (Å²) in [6.07, 6.45) is -0.986. The molecule has 3 rings (SSSR count). The maximum atomic E-state index is 10.5. The van der Waals surface area contributed by atoms with Crippen molar-refractivity contribution in [3.63, 3.8) is 0 Å². The predicted molar refractivity (Wildman–Crippen MR) is 93.4 cm³/mol. The largest absolute Gasteiger partial charge is 0.389 e. The predicted octanol–water partition coefficient (Wildman–Crippen LogP) is 2.98. The van der Waals surface area contributed by atoms with E-state index in [0.717, 1.165) is 6.54 Å². The molecule has 0 saturated carbocycles. The molecule has 0 amide bonds. The molecule has 24 heavy (non-hydrogen) atoms. The van der Waals surface area contributed by atoms with Crippen LogP contribution in [0.2, 0.25) is 0 Å². The van der Waals surface area contributed by atoms with Crippen LogP contribution in [0.1, 0.15) is 24.1 Å². The lowest BCUT2D eigenvalue weighted by atomic mass is 10.0. The Kier molecular flexibility index (Phi) is 5.63. The average Bonchev–Trinajstić information content (AvgIpc) is 3.01. The Morgan fingerprint density at radius 1 is 1.12 bits per heavy atom. The topological polar surface area (TPSA) is 41.9 Å². The van der Waals surface area contributed by atoms with E-state index in [2.05, 4.69) is 36.1 Å². The van der Waals surface area contributed by atoms with Gasteiger partial charge in [0.25, 0.3) is 0 Å². The zero-order valence-corrected chi connectivity index (χ0v) is 14.2. The maximum Gasteiger partial charge on any atom is 0.175 e. The number of aliphatic hydroxyl groups excluding tert-OH is 1. The normalized spacial score (nSPS) is 25.1. The summed E-state index contributed by atoms with van der Waals surface area (Å²) in [5, 5.41) is 10.5. The molecule has 1 aliphatic rings. The molecular weight excluding hydrogens is 302 g/mol.